The van der Waals surface area contributed by atoms with Gasteiger partial charge in [-0.15, -0.1) is 10.2 Å². The molecule has 0 saturated carbocycles. The molecule has 1 aromatic heterocycles. The highest BCUT2D eigenvalue weighted by molar-refractivity contribution is 6.30. The summed E-state index contributed by atoms with van der Waals surface area (Å²) in [5, 5.41) is 12.0. The van der Waals surface area contributed by atoms with Gasteiger partial charge in [-0.1, -0.05) is 35.9 Å². The van der Waals surface area contributed by atoms with Gasteiger partial charge in [0, 0.05) is 0 Å². The highest BCUT2D eigenvalue weighted by Gasteiger charge is 2.12. The van der Waals surface area contributed by atoms with E-state index in [1.807, 2.05) is 26.0 Å². The van der Waals surface area contributed by atoms with Crippen LogP contribution in [0.25, 0.3) is 0 Å². The molecule has 1 aromatic carbocycles. The molecule has 2 rings (SSSR count). The molecular formula is C15H18ClN3. The summed E-state index contributed by atoms with van der Waals surface area (Å²) in [6, 6.07) is 8.50. The molecule has 0 amide bonds. The fraction of sp³-hybridized carbons (Fsp3) is 0.333. The largest absolute Gasteiger partial charge is 0.362 e. The molecule has 1 heterocycles. The van der Waals surface area contributed by atoms with Gasteiger partial charge in [-0.2, -0.15) is 0 Å². The fourth-order valence-electron chi connectivity index (χ4n) is 2.07. The molecule has 3 nitrogen and oxygen atoms in total. The first-order valence-electron chi connectivity index (χ1n) is 6.32. The number of halogens is 1. The van der Waals surface area contributed by atoms with Gasteiger partial charge in [0.25, 0.3) is 0 Å². The minimum atomic E-state index is 0.176. The number of anilines is 1. The lowest BCUT2D eigenvalue weighted by atomic mass is 10.0. The summed E-state index contributed by atoms with van der Waals surface area (Å²) in [4.78, 5) is 0. The second-order valence-electron chi connectivity index (χ2n) is 4.81. The quantitative estimate of drug-likeness (QED) is 0.911. The molecule has 0 fully saturated rings. The van der Waals surface area contributed by atoms with Gasteiger partial charge >= 0.3 is 0 Å². The van der Waals surface area contributed by atoms with Gasteiger partial charge in [-0.3, -0.25) is 0 Å². The molecule has 19 heavy (non-hydrogen) atoms. The van der Waals surface area contributed by atoms with Crippen molar-refractivity contribution in [2.24, 2.45) is 0 Å². The molecular weight excluding hydrogens is 258 g/mol. The molecule has 100 valence electrons. The van der Waals surface area contributed by atoms with E-state index in [9.17, 15) is 0 Å². The Hall–Kier alpha value is -1.61. The second-order valence-corrected chi connectivity index (χ2v) is 5.17. The molecule has 0 aliphatic carbocycles. The number of benzene rings is 1. The summed E-state index contributed by atoms with van der Waals surface area (Å²) in [6.45, 7) is 8.19. The van der Waals surface area contributed by atoms with E-state index in [2.05, 4.69) is 41.5 Å². The molecule has 4 heteroatoms. The molecule has 1 unspecified atom stereocenters. The van der Waals surface area contributed by atoms with Crippen molar-refractivity contribution in [3.63, 3.8) is 0 Å². The lowest BCUT2D eigenvalue weighted by Crippen LogP contribution is -2.11. The van der Waals surface area contributed by atoms with Crippen LogP contribution in [0.1, 0.15) is 35.2 Å². The number of nitrogens with one attached hydrogen (secondary N) is 1. The predicted octanol–water partition coefficient (Wildman–Crippen LogP) is 4.23. The summed E-state index contributed by atoms with van der Waals surface area (Å²) < 4.78 is 0. The van der Waals surface area contributed by atoms with Crippen LogP contribution in [0.3, 0.4) is 0 Å². The third kappa shape index (κ3) is 2.87. The Labute approximate surface area is 119 Å². The van der Waals surface area contributed by atoms with E-state index in [0.717, 1.165) is 16.9 Å². The highest BCUT2D eigenvalue weighted by atomic mass is 35.5. The number of hydrogen-bond acceptors (Lipinski definition) is 3. The van der Waals surface area contributed by atoms with E-state index in [0.29, 0.717) is 5.15 Å². The first-order chi connectivity index (χ1) is 9.00. The summed E-state index contributed by atoms with van der Waals surface area (Å²) in [5.41, 5.74) is 4.53. The third-order valence-electron chi connectivity index (χ3n) is 3.47. The van der Waals surface area contributed by atoms with Gasteiger partial charge in [-0.05, 0) is 49.9 Å². The third-order valence-corrected chi connectivity index (χ3v) is 3.83. The summed E-state index contributed by atoms with van der Waals surface area (Å²) >= 11 is 5.96. The lowest BCUT2D eigenvalue weighted by Gasteiger charge is -2.18. The van der Waals surface area contributed by atoms with E-state index in [4.69, 9.17) is 11.6 Å². The Morgan fingerprint density at radius 3 is 2.42 bits per heavy atom. The highest BCUT2D eigenvalue weighted by Crippen LogP contribution is 2.25. The summed E-state index contributed by atoms with van der Waals surface area (Å²) in [7, 11) is 0. The maximum Gasteiger partial charge on any atom is 0.155 e. The zero-order valence-corrected chi connectivity index (χ0v) is 12.4. The Bertz CT molecular complexity index is 596. The normalized spacial score (nSPS) is 12.3. The zero-order valence-electron chi connectivity index (χ0n) is 11.7. The minimum Gasteiger partial charge on any atom is -0.362 e. The maximum absolute atomic E-state index is 5.96. The van der Waals surface area contributed by atoms with Crippen LogP contribution in [0.4, 0.5) is 5.82 Å². The monoisotopic (exact) mass is 275 g/mol. The summed E-state index contributed by atoms with van der Waals surface area (Å²) in [5.74, 6) is 0.789. The smallest absolute Gasteiger partial charge is 0.155 e. The van der Waals surface area contributed by atoms with Gasteiger partial charge < -0.3 is 5.32 Å². The van der Waals surface area contributed by atoms with Crippen molar-refractivity contribution in [3.8, 4) is 0 Å². The molecule has 1 N–H and O–H groups in total. The topological polar surface area (TPSA) is 37.8 Å². The van der Waals surface area contributed by atoms with Crippen LogP contribution in [0.5, 0.6) is 0 Å². The first kappa shape index (κ1) is 13.8. The van der Waals surface area contributed by atoms with Crippen molar-refractivity contribution in [1.82, 2.24) is 10.2 Å². The van der Waals surface area contributed by atoms with Crippen LogP contribution < -0.4 is 5.32 Å². The fourth-order valence-corrected chi connectivity index (χ4v) is 2.25. The van der Waals surface area contributed by atoms with Crippen molar-refractivity contribution in [1.29, 1.82) is 0 Å². The minimum absolute atomic E-state index is 0.176. The number of rotatable bonds is 3. The number of aryl methyl sites for hydroxylation is 1. The van der Waals surface area contributed by atoms with E-state index in [1.165, 1.54) is 11.1 Å². The molecule has 0 saturated heterocycles. The van der Waals surface area contributed by atoms with Crippen LogP contribution in [0.2, 0.25) is 5.15 Å². The second kappa shape index (κ2) is 5.57. The van der Waals surface area contributed by atoms with Crippen molar-refractivity contribution >= 4 is 17.4 Å². The Balaban J connectivity index is 2.27. The molecule has 2 aromatic rings. The molecule has 0 aliphatic rings. The van der Waals surface area contributed by atoms with Crippen LogP contribution in [0.15, 0.2) is 24.3 Å². The van der Waals surface area contributed by atoms with Gasteiger partial charge in [-0.25, -0.2) is 0 Å². The van der Waals surface area contributed by atoms with Crippen molar-refractivity contribution in [3.05, 3.63) is 51.7 Å². The molecule has 0 aliphatic heterocycles. The number of nitrogens with zero attached hydrogens (tertiary/aromatic N) is 2. The maximum atomic E-state index is 5.96. The van der Waals surface area contributed by atoms with Crippen LogP contribution in [-0.2, 0) is 0 Å². The van der Waals surface area contributed by atoms with Crippen LogP contribution >= 0.6 is 11.6 Å². The van der Waals surface area contributed by atoms with Crippen molar-refractivity contribution < 1.29 is 0 Å². The van der Waals surface area contributed by atoms with E-state index in [-0.39, 0.29) is 6.04 Å². The van der Waals surface area contributed by atoms with Crippen molar-refractivity contribution in [2.75, 3.05) is 5.32 Å². The van der Waals surface area contributed by atoms with Crippen molar-refractivity contribution in [2.45, 2.75) is 33.7 Å². The SMILES string of the molecule is Cc1ccccc1C(C)Nc1nnc(Cl)c(C)c1C. The lowest BCUT2D eigenvalue weighted by molar-refractivity contribution is 0.845. The van der Waals surface area contributed by atoms with Gasteiger partial charge in [0.05, 0.1) is 6.04 Å². The molecule has 0 spiro atoms. The number of aromatic nitrogens is 2. The van der Waals surface area contributed by atoms with Gasteiger partial charge in [0.1, 0.15) is 0 Å². The molecule has 1 atom stereocenters. The van der Waals surface area contributed by atoms with E-state index >= 15 is 0 Å². The number of hydrogen-bond donors (Lipinski definition) is 1. The zero-order chi connectivity index (χ0) is 14.0. The van der Waals surface area contributed by atoms with Gasteiger partial charge in [0.15, 0.2) is 11.0 Å². The van der Waals surface area contributed by atoms with Crippen LogP contribution in [0, 0.1) is 20.8 Å². The Kier molecular flexibility index (Phi) is 4.05. The van der Waals surface area contributed by atoms with Gasteiger partial charge in [0.2, 0.25) is 0 Å². The average Bonchev–Trinajstić information content (AvgIpc) is 2.40. The summed E-state index contributed by atoms with van der Waals surface area (Å²) in [6.07, 6.45) is 0. The molecule has 0 bridgehead atoms. The standard InChI is InChI=1S/C15H18ClN3/c1-9-7-5-6-8-13(9)12(4)17-15-11(3)10(2)14(16)18-19-15/h5-8,12H,1-4H3,(H,17,19). The van der Waals surface area contributed by atoms with E-state index in [1.54, 1.807) is 0 Å². The van der Waals surface area contributed by atoms with E-state index < -0.39 is 0 Å². The first-order valence-corrected chi connectivity index (χ1v) is 6.70. The predicted molar refractivity (Wildman–Crippen MR) is 79.7 cm³/mol. The Morgan fingerprint density at radius 2 is 1.74 bits per heavy atom. The van der Waals surface area contributed by atoms with Crippen LogP contribution in [-0.4, -0.2) is 10.2 Å². The Morgan fingerprint density at radius 1 is 1.05 bits per heavy atom. The average molecular weight is 276 g/mol. The molecule has 0 radical (unpaired) electrons.